The fourth-order valence-corrected chi connectivity index (χ4v) is 7.85. The van der Waals surface area contributed by atoms with Crippen LogP contribution in [0.2, 0.25) is 0 Å². The Hall–Kier alpha value is -2.82. The lowest BCUT2D eigenvalue weighted by Gasteiger charge is -2.62. The van der Waals surface area contributed by atoms with Gasteiger partial charge in [0, 0.05) is 30.6 Å². The molecule has 1 saturated heterocycles. The molecule has 44 heavy (non-hydrogen) atoms. The summed E-state index contributed by atoms with van der Waals surface area (Å²) < 4.78 is 0. The van der Waals surface area contributed by atoms with E-state index < -0.39 is 24.2 Å². The molecule has 0 aromatic heterocycles. The molecule has 0 radical (unpaired) electrons. The Morgan fingerprint density at radius 3 is 2.45 bits per heavy atom. The number of aliphatic hydroxyl groups is 2. The maximum Gasteiger partial charge on any atom is 0.251 e. The fraction of sp³-hybridized carbons (Fsp3) is 0.600. The second-order valence-electron chi connectivity index (χ2n) is 14.1. The number of carbonyl (C=O) groups is 2. The maximum absolute atomic E-state index is 14.0. The average Bonchev–Trinajstić information content (AvgIpc) is 3.36. The zero-order valence-electron chi connectivity index (χ0n) is 27.0. The largest absolute Gasteiger partial charge is 0.394 e. The van der Waals surface area contributed by atoms with Gasteiger partial charge in [-0.05, 0) is 91.9 Å². The van der Waals surface area contributed by atoms with Crippen LogP contribution in [-0.4, -0.2) is 90.1 Å². The molecule has 4 aliphatic rings. The first kappa shape index (κ1) is 32.6. The topological polar surface area (TPSA) is 114 Å². The van der Waals surface area contributed by atoms with Crippen LogP contribution in [-0.2, 0) is 16.2 Å². The van der Waals surface area contributed by atoms with Gasteiger partial charge in [-0.3, -0.25) is 14.4 Å². The van der Waals surface area contributed by atoms with Crippen molar-refractivity contribution in [3.63, 3.8) is 0 Å². The molecular formula is C35H50N4O5. The van der Waals surface area contributed by atoms with Crippen LogP contribution in [0.1, 0.15) is 56.5 Å². The zero-order valence-corrected chi connectivity index (χ0v) is 27.0. The molecule has 9 heteroatoms. The van der Waals surface area contributed by atoms with E-state index in [1.165, 1.54) is 6.42 Å². The second-order valence-corrected chi connectivity index (χ2v) is 14.1. The highest BCUT2D eigenvalue weighted by Gasteiger charge is 2.57. The molecule has 8 atom stereocenters. The summed E-state index contributed by atoms with van der Waals surface area (Å²) >= 11 is 0. The predicted octanol–water partition coefficient (Wildman–Crippen LogP) is 3.31. The molecule has 3 aliphatic carbocycles. The van der Waals surface area contributed by atoms with Gasteiger partial charge in [0.1, 0.15) is 12.1 Å². The quantitative estimate of drug-likeness (QED) is 0.310. The number of rotatable bonds is 11. The van der Waals surface area contributed by atoms with Crippen LogP contribution < -0.4 is 10.6 Å². The fourth-order valence-electron chi connectivity index (χ4n) is 7.85. The van der Waals surface area contributed by atoms with Crippen LogP contribution in [0.15, 0.2) is 48.5 Å². The van der Waals surface area contributed by atoms with Crippen LogP contribution in [0, 0.1) is 29.1 Å². The number of hydroxylamine groups is 2. The van der Waals surface area contributed by atoms with Crippen LogP contribution in [0.5, 0.6) is 0 Å². The number of amides is 2. The van der Waals surface area contributed by atoms with Crippen molar-refractivity contribution < 1.29 is 24.6 Å². The van der Waals surface area contributed by atoms with Crippen LogP contribution in [0.25, 0.3) is 11.1 Å². The molecule has 0 spiro atoms. The van der Waals surface area contributed by atoms with E-state index >= 15 is 0 Å². The molecular weight excluding hydrogens is 556 g/mol. The third-order valence-electron chi connectivity index (χ3n) is 10.6. The van der Waals surface area contributed by atoms with Crippen molar-refractivity contribution in [3.05, 3.63) is 59.7 Å². The van der Waals surface area contributed by atoms with Gasteiger partial charge in [-0.15, -0.1) is 0 Å². The lowest BCUT2D eigenvalue weighted by atomic mass is 9.45. The normalized spacial score (nSPS) is 30.1. The van der Waals surface area contributed by atoms with Gasteiger partial charge >= 0.3 is 0 Å². The smallest absolute Gasteiger partial charge is 0.251 e. The van der Waals surface area contributed by atoms with Gasteiger partial charge in [0.15, 0.2) is 0 Å². The minimum Gasteiger partial charge on any atom is -0.394 e. The highest BCUT2D eigenvalue weighted by Crippen LogP contribution is 2.61. The van der Waals surface area contributed by atoms with Gasteiger partial charge in [0.25, 0.3) is 5.91 Å². The standard InChI is InChI=1S/C35H50N4O5/c1-21-28-17-27(35(28,3)4)18-29(21)37-34(43)32-31(22(2)41)30(20-40)44-39(32)19-23-9-7-10-24(15-23)25-11-8-12-26(16-25)33(42)36-13-14-38(5)6/h7-12,15-16,21-22,27-32,40-41H,13-14,17-20H2,1-6H3,(H,36,42)(H,37,43)/t21-,22-,27+,28-,29-,30-,31+,32-/m0/s1. The molecule has 1 aliphatic heterocycles. The predicted molar refractivity (Wildman–Crippen MR) is 170 cm³/mol. The Morgan fingerprint density at radius 2 is 1.82 bits per heavy atom. The van der Waals surface area contributed by atoms with Crippen molar-refractivity contribution in [2.24, 2.45) is 29.1 Å². The Morgan fingerprint density at radius 1 is 1.11 bits per heavy atom. The van der Waals surface area contributed by atoms with E-state index in [1.807, 2.05) is 67.5 Å². The second kappa shape index (κ2) is 13.3. The minimum absolute atomic E-state index is 0.0830. The van der Waals surface area contributed by atoms with Crippen LogP contribution in [0.3, 0.4) is 0 Å². The molecule has 3 saturated carbocycles. The number of benzene rings is 2. The summed E-state index contributed by atoms with van der Waals surface area (Å²) in [7, 11) is 3.94. The molecule has 4 N–H and O–H groups in total. The third-order valence-corrected chi connectivity index (χ3v) is 10.6. The van der Waals surface area contributed by atoms with E-state index in [2.05, 4.69) is 31.4 Å². The summed E-state index contributed by atoms with van der Waals surface area (Å²) in [6.07, 6.45) is 0.652. The van der Waals surface area contributed by atoms with E-state index in [0.29, 0.717) is 41.8 Å². The summed E-state index contributed by atoms with van der Waals surface area (Å²) in [4.78, 5) is 34.9. The SMILES string of the molecule is C[C@@H]1[C@@H](NC(=O)[C@@H]2[C@H]([C@H](C)O)[C@H](CO)ON2Cc2cccc(-c3cccc(C(=O)NCCN(C)C)c3)c2)C[C@H]2C[C@@H]1C2(C)C. The molecule has 2 bridgehead atoms. The first-order valence-electron chi connectivity index (χ1n) is 16.1. The first-order chi connectivity index (χ1) is 20.9. The molecule has 9 nitrogen and oxygen atoms in total. The van der Waals surface area contributed by atoms with Gasteiger partial charge in [0.05, 0.1) is 19.3 Å². The third kappa shape index (κ3) is 6.58. The van der Waals surface area contributed by atoms with Gasteiger partial charge in [-0.2, -0.15) is 5.06 Å². The van der Waals surface area contributed by atoms with Gasteiger partial charge < -0.3 is 25.7 Å². The molecule has 240 valence electrons. The lowest BCUT2D eigenvalue weighted by molar-refractivity contribution is -0.183. The average molecular weight is 607 g/mol. The number of likely N-dealkylation sites (N-methyl/N-ethyl adjacent to an activating group) is 1. The minimum atomic E-state index is -0.845. The van der Waals surface area contributed by atoms with Gasteiger partial charge in [0.2, 0.25) is 5.91 Å². The van der Waals surface area contributed by atoms with Gasteiger partial charge in [-0.25, -0.2) is 0 Å². The monoisotopic (exact) mass is 606 g/mol. The first-order valence-corrected chi connectivity index (χ1v) is 16.1. The van der Waals surface area contributed by atoms with Gasteiger partial charge in [-0.1, -0.05) is 51.1 Å². The summed E-state index contributed by atoms with van der Waals surface area (Å²) in [5, 5.41) is 28.8. The summed E-state index contributed by atoms with van der Waals surface area (Å²) in [6.45, 7) is 9.92. The molecule has 2 amide bonds. The number of nitrogens with zero attached hydrogens (tertiary/aromatic N) is 2. The van der Waals surface area contributed by atoms with Crippen molar-refractivity contribution in [1.29, 1.82) is 0 Å². The van der Waals surface area contributed by atoms with E-state index in [1.54, 1.807) is 12.0 Å². The Kier molecular flexibility index (Phi) is 9.82. The number of hydrogen-bond donors (Lipinski definition) is 4. The number of nitrogens with one attached hydrogen (secondary N) is 2. The van der Waals surface area contributed by atoms with Crippen molar-refractivity contribution in [2.45, 2.75) is 71.4 Å². The van der Waals surface area contributed by atoms with Crippen molar-refractivity contribution in [2.75, 3.05) is 33.8 Å². The summed E-state index contributed by atoms with van der Waals surface area (Å²) in [5.41, 5.74) is 3.67. The van der Waals surface area contributed by atoms with E-state index in [0.717, 1.165) is 29.7 Å². The molecule has 2 aromatic carbocycles. The summed E-state index contributed by atoms with van der Waals surface area (Å²) in [6, 6.07) is 14.8. The van der Waals surface area contributed by atoms with E-state index in [4.69, 9.17) is 4.84 Å². The van der Waals surface area contributed by atoms with Crippen molar-refractivity contribution in [3.8, 4) is 11.1 Å². The van der Waals surface area contributed by atoms with Crippen LogP contribution >= 0.6 is 0 Å². The van der Waals surface area contributed by atoms with Crippen LogP contribution in [0.4, 0.5) is 0 Å². The maximum atomic E-state index is 14.0. The van der Waals surface area contributed by atoms with E-state index in [9.17, 15) is 19.8 Å². The van der Waals surface area contributed by atoms with Crippen molar-refractivity contribution >= 4 is 11.8 Å². The van der Waals surface area contributed by atoms with Crippen molar-refractivity contribution in [1.82, 2.24) is 20.6 Å². The molecule has 2 aromatic rings. The highest BCUT2D eigenvalue weighted by molar-refractivity contribution is 5.95. The Balaban J connectivity index is 1.32. The zero-order chi connectivity index (χ0) is 31.8. The molecule has 6 rings (SSSR count). The Labute approximate surface area is 261 Å². The summed E-state index contributed by atoms with van der Waals surface area (Å²) in [5.74, 6) is 0.716. The number of aliphatic hydroxyl groups excluding tert-OH is 2. The lowest BCUT2D eigenvalue weighted by Crippen LogP contribution is -2.62. The molecule has 4 fully saturated rings. The number of fused-ring (bicyclic) bond motifs is 2. The van der Waals surface area contributed by atoms with E-state index in [-0.39, 0.29) is 24.5 Å². The molecule has 1 heterocycles. The highest BCUT2D eigenvalue weighted by atomic mass is 16.7. The molecule has 0 unspecified atom stereocenters. The number of carbonyl (C=O) groups excluding carboxylic acids is 2. The Bertz CT molecular complexity index is 1330. The number of hydrogen-bond acceptors (Lipinski definition) is 7.